The van der Waals surface area contributed by atoms with Gasteiger partial charge in [-0.3, -0.25) is 4.79 Å². The van der Waals surface area contributed by atoms with E-state index >= 15 is 0 Å². The first-order valence-corrected chi connectivity index (χ1v) is 7.32. The molecule has 1 saturated carbocycles. The number of halogens is 2. The third-order valence-corrected chi connectivity index (χ3v) is 4.28. The summed E-state index contributed by atoms with van der Waals surface area (Å²) in [7, 11) is 0. The molecular weight excluding hydrogens is 291 g/mol. The maximum atomic E-state index is 13.7. The van der Waals surface area contributed by atoms with E-state index in [-0.39, 0.29) is 35.6 Å². The van der Waals surface area contributed by atoms with Crippen molar-refractivity contribution in [2.45, 2.75) is 50.5 Å². The molecule has 1 fully saturated rings. The van der Waals surface area contributed by atoms with Crippen LogP contribution in [-0.2, 0) is 4.79 Å². The Morgan fingerprint density at radius 2 is 2.00 bits per heavy atom. The SMILES string of the molecule is CC(CC(=O)NC1(CN)CCCC1)c1ccccc1F.Cl. The van der Waals surface area contributed by atoms with Crippen LogP contribution in [0.25, 0.3) is 0 Å². The average molecular weight is 315 g/mol. The van der Waals surface area contributed by atoms with Gasteiger partial charge >= 0.3 is 0 Å². The van der Waals surface area contributed by atoms with Crippen LogP contribution in [0.3, 0.4) is 0 Å². The summed E-state index contributed by atoms with van der Waals surface area (Å²) in [5, 5.41) is 3.08. The monoisotopic (exact) mass is 314 g/mol. The van der Waals surface area contributed by atoms with E-state index in [0.717, 1.165) is 25.7 Å². The zero-order chi connectivity index (χ0) is 14.6. The number of hydrogen-bond donors (Lipinski definition) is 2. The lowest BCUT2D eigenvalue weighted by atomic mass is 9.94. The van der Waals surface area contributed by atoms with Crippen LogP contribution >= 0.6 is 12.4 Å². The summed E-state index contributed by atoms with van der Waals surface area (Å²) in [6.45, 7) is 2.36. The molecule has 3 nitrogen and oxygen atoms in total. The van der Waals surface area contributed by atoms with Gasteiger partial charge in [0, 0.05) is 13.0 Å². The molecule has 1 aromatic rings. The molecule has 0 bridgehead atoms. The number of carbonyl (C=O) groups is 1. The molecule has 21 heavy (non-hydrogen) atoms. The second-order valence-electron chi connectivity index (χ2n) is 5.87. The van der Waals surface area contributed by atoms with Gasteiger partial charge in [0.2, 0.25) is 5.91 Å². The molecule has 0 heterocycles. The molecule has 0 spiro atoms. The average Bonchev–Trinajstić information content (AvgIpc) is 2.88. The van der Waals surface area contributed by atoms with E-state index in [1.165, 1.54) is 6.07 Å². The minimum Gasteiger partial charge on any atom is -0.349 e. The molecular formula is C16H24ClFN2O. The van der Waals surface area contributed by atoms with Crippen LogP contribution in [0.1, 0.15) is 50.5 Å². The smallest absolute Gasteiger partial charge is 0.221 e. The Labute approximate surface area is 131 Å². The third kappa shape index (κ3) is 4.42. The topological polar surface area (TPSA) is 55.1 Å². The fourth-order valence-corrected chi connectivity index (χ4v) is 3.04. The van der Waals surface area contributed by atoms with Gasteiger partial charge in [0.05, 0.1) is 5.54 Å². The molecule has 1 atom stereocenters. The molecule has 0 saturated heterocycles. The van der Waals surface area contributed by atoms with E-state index in [1.807, 2.05) is 6.92 Å². The Morgan fingerprint density at radius 1 is 1.38 bits per heavy atom. The van der Waals surface area contributed by atoms with Crippen molar-refractivity contribution in [2.75, 3.05) is 6.54 Å². The molecule has 0 aromatic heterocycles. The van der Waals surface area contributed by atoms with Crippen molar-refractivity contribution in [3.8, 4) is 0 Å². The number of benzene rings is 1. The van der Waals surface area contributed by atoms with E-state index in [9.17, 15) is 9.18 Å². The highest BCUT2D eigenvalue weighted by atomic mass is 35.5. The van der Waals surface area contributed by atoms with Gasteiger partial charge in [-0.05, 0) is 30.4 Å². The molecule has 2 rings (SSSR count). The van der Waals surface area contributed by atoms with E-state index in [1.54, 1.807) is 18.2 Å². The second-order valence-corrected chi connectivity index (χ2v) is 5.87. The van der Waals surface area contributed by atoms with Crippen molar-refractivity contribution >= 4 is 18.3 Å². The van der Waals surface area contributed by atoms with Gasteiger partial charge in [0.25, 0.3) is 0 Å². The fraction of sp³-hybridized carbons (Fsp3) is 0.562. The number of nitrogens with two attached hydrogens (primary N) is 1. The lowest BCUT2D eigenvalue weighted by Gasteiger charge is -2.29. The number of hydrogen-bond acceptors (Lipinski definition) is 2. The van der Waals surface area contributed by atoms with E-state index in [4.69, 9.17) is 5.73 Å². The van der Waals surface area contributed by atoms with Gasteiger partial charge in [0.15, 0.2) is 0 Å². The Kier molecular flexibility index (Phi) is 6.62. The van der Waals surface area contributed by atoms with Crippen LogP contribution in [0.4, 0.5) is 4.39 Å². The highest BCUT2D eigenvalue weighted by Crippen LogP contribution is 2.29. The zero-order valence-corrected chi connectivity index (χ0v) is 13.2. The van der Waals surface area contributed by atoms with E-state index in [0.29, 0.717) is 18.5 Å². The van der Waals surface area contributed by atoms with E-state index in [2.05, 4.69) is 5.32 Å². The molecule has 1 amide bonds. The third-order valence-electron chi connectivity index (χ3n) is 4.28. The van der Waals surface area contributed by atoms with Gasteiger partial charge in [-0.25, -0.2) is 4.39 Å². The van der Waals surface area contributed by atoms with Gasteiger partial charge in [-0.15, -0.1) is 12.4 Å². The minimum absolute atomic E-state index is 0. The number of rotatable bonds is 5. The zero-order valence-electron chi connectivity index (χ0n) is 12.4. The maximum absolute atomic E-state index is 13.7. The van der Waals surface area contributed by atoms with Crippen molar-refractivity contribution < 1.29 is 9.18 Å². The van der Waals surface area contributed by atoms with Crippen molar-refractivity contribution in [1.29, 1.82) is 0 Å². The predicted octanol–water partition coefficient (Wildman–Crippen LogP) is 3.13. The maximum Gasteiger partial charge on any atom is 0.221 e. The number of amides is 1. The first-order valence-electron chi connectivity index (χ1n) is 7.32. The molecule has 118 valence electrons. The summed E-state index contributed by atoms with van der Waals surface area (Å²) in [6, 6.07) is 6.63. The standard InChI is InChI=1S/C16H23FN2O.ClH/c1-12(13-6-2-3-7-14(13)17)10-15(20)19-16(11-18)8-4-5-9-16;/h2-3,6-7,12H,4-5,8-11,18H2,1H3,(H,19,20);1H. The molecule has 0 radical (unpaired) electrons. The minimum atomic E-state index is -0.248. The summed E-state index contributed by atoms with van der Waals surface area (Å²) in [6.07, 6.45) is 4.41. The summed E-state index contributed by atoms with van der Waals surface area (Å²) in [5.74, 6) is -0.414. The molecule has 1 unspecified atom stereocenters. The van der Waals surface area contributed by atoms with Crippen molar-refractivity contribution in [2.24, 2.45) is 5.73 Å². The molecule has 1 aliphatic carbocycles. The largest absolute Gasteiger partial charge is 0.349 e. The Balaban J connectivity index is 0.00000220. The van der Waals surface area contributed by atoms with Crippen LogP contribution in [0.15, 0.2) is 24.3 Å². The van der Waals surface area contributed by atoms with Crippen LogP contribution in [-0.4, -0.2) is 18.0 Å². The van der Waals surface area contributed by atoms with Gasteiger partial charge < -0.3 is 11.1 Å². The van der Waals surface area contributed by atoms with Crippen LogP contribution in [0.2, 0.25) is 0 Å². The summed E-state index contributed by atoms with van der Waals surface area (Å²) < 4.78 is 13.7. The molecule has 1 aliphatic rings. The first-order chi connectivity index (χ1) is 9.56. The highest BCUT2D eigenvalue weighted by molar-refractivity contribution is 5.85. The molecule has 5 heteroatoms. The van der Waals surface area contributed by atoms with E-state index < -0.39 is 0 Å². The fourth-order valence-electron chi connectivity index (χ4n) is 3.04. The Bertz CT molecular complexity index is 475. The van der Waals surface area contributed by atoms with Gasteiger partial charge in [-0.2, -0.15) is 0 Å². The Hall–Kier alpha value is -1.13. The Morgan fingerprint density at radius 3 is 2.57 bits per heavy atom. The number of carbonyl (C=O) groups excluding carboxylic acids is 1. The van der Waals surface area contributed by atoms with Crippen molar-refractivity contribution in [3.63, 3.8) is 0 Å². The lowest BCUT2D eigenvalue weighted by molar-refractivity contribution is -0.123. The molecule has 0 aliphatic heterocycles. The molecule has 3 N–H and O–H groups in total. The van der Waals surface area contributed by atoms with Crippen molar-refractivity contribution in [3.05, 3.63) is 35.6 Å². The van der Waals surface area contributed by atoms with Crippen LogP contribution in [0, 0.1) is 5.82 Å². The normalized spacial score (nSPS) is 17.9. The second kappa shape index (κ2) is 7.76. The number of nitrogens with one attached hydrogen (secondary N) is 1. The summed E-state index contributed by atoms with van der Waals surface area (Å²) in [5.41, 5.74) is 6.17. The quantitative estimate of drug-likeness (QED) is 0.877. The lowest BCUT2D eigenvalue weighted by Crippen LogP contribution is -2.51. The molecule has 1 aromatic carbocycles. The predicted molar refractivity (Wildman–Crippen MR) is 85.1 cm³/mol. The summed E-state index contributed by atoms with van der Waals surface area (Å²) >= 11 is 0. The highest BCUT2D eigenvalue weighted by Gasteiger charge is 2.34. The van der Waals surface area contributed by atoms with Gasteiger partial charge in [-0.1, -0.05) is 38.0 Å². The summed E-state index contributed by atoms with van der Waals surface area (Å²) in [4.78, 5) is 12.2. The van der Waals surface area contributed by atoms with Crippen LogP contribution in [0.5, 0.6) is 0 Å². The van der Waals surface area contributed by atoms with Gasteiger partial charge in [0.1, 0.15) is 5.82 Å². The van der Waals surface area contributed by atoms with Crippen molar-refractivity contribution in [1.82, 2.24) is 5.32 Å². The first kappa shape index (κ1) is 17.9. The van der Waals surface area contributed by atoms with Crippen LogP contribution < -0.4 is 11.1 Å².